The number of carboxylic acid groups (broad SMARTS) is 1. The Bertz CT molecular complexity index is 1130. The zero-order chi connectivity index (χ0) is 22.7. The number of carbonyl (C=O) groups is 2. The molecule has 3 aromatic carbocycles. The molecular formula is C23H20FNO6. The second-order valence-electron chi connectivity index (χ2n) is 6.90. The lowest BCUT2D eigenvalue weighted by Gasteiger charge is -2.18. The van der Waals surface area contributed by atoms with Crippen LogP contribution in [0, 0.1) is 19.7 Å². The van der Waals surface area contributed by atoms with Crippen molar-refractivity contribution in [1.82, 2.24) is 0 Å². The lowest BCUT2D eigenvalue weighted by Crippen LogP contribution is -2.21. The third kappa shape index (κ3) is 4.65. The highest BCUT2D eigenvalue weighted by molar-refractivity contribution is 6.36. The molecule has 0 aromatic heterocycles. The molecule has 0 atom stereocenters. The van der Waals surface area contributed by atoms with E-state index in [1.165, 1.54) is 36.4 Å². The minimum absolute atomic E-state index is 0.0943. The molecule has 0 saturated carbocycles. The number of carboxylic acids is 1. The number of hydrogen-bond donors (Lipinski definition) is 4. The molecule has 0 aliphatic carbocycles. The number of aliphatic hydroxyl groups excluding tert-OH is 1. The summed E-state index contributed by atoms with van der Waals surface area (Å²) in [5.74, 6) is -2.55. The molecule has 0 aliphatic heterocycles. The lowest BCUT2D eigenvalue weighted by atomic mass is 9.98. The Labute approximate surface area is 177 Å². The number of nitrogens with one attached hydrogen (secondary N) is 1. The summed E-state index contributed by atoms with van der Waals surface area (Å²) in [6.45, 7) is 3.00. The number of aromatic hydroxyl groups is 1. The van der Waals surface area contributed by atoms with E-state index in [9.17, 15) is 24.2 Å². The van der Waals surface area contributed by atoms with Gasteiger partial charge in [-0.05, 0) is 66.9 Å². The van der Waals surface area contributed by atoms with Crippen molar-refractivity contribution in [1.29, 1.82) is 0 Å². The van der Waals surface area contributed by atoms with Crippen LogP contribution in [0.2, 0.25) is 0 Å². The SMILES string of the molecule is Cc1cc(NC(=O)C(=O)O)cc(C)c1Oc1ccc(O)c(-c2ccc(F)cc2)c1CO. The van der Waals surface area contributed by atoms with E-state index in [4.69, 9.17) is 9.84 Å². The van der Waals surface area contributed by atoms with Crippen LogP contribution in [0.15, 0.2) is 48.5 Å². The third-order valence-electron chi connectivity index (χ3n) is 4.66. The van der Waals surface area contributed by atoms with Gasteiger partial charge < -0.3 is 25.4 Å². The fourth-order valence-corrected chi connectivity index (χ4v) is 3.29. The summed E-state index contributed by atoms with van der Waals surface area (Å²) in [7, 11) is 0. The summed E-state index contributed by atoms with van der Waals surface area (Å²) < 4.78 is 19.3. The maximum atomic E-state index is 13.3. The van der Waals surface area contributed by atoms with Gasteiger partial charge in [-0.25, -0.2) is 9.18 Å². The number of hydrogen-bond acceptors (Lipinski definition) is 5. The number of aryl methyl sites for hydroxylation is 2. The molecule has 160 valence electrons. The van der Waals surface area contributed by atoms with Crippen molar-refractivity contribution < 1.29 is 34.0 Å². The number of aliphatic hydroxyl groups is 1. The predicted octanol–water partition coefficient (Wildman–Crippen LogP) is 4.12. The zero-order valence-corrected chi connectivity index (χ0v) is 16.8. The molecular weight excluding hydrogens is 405 g/mol. The van der Waals surface area contributed by atoms with Crippen LogP contribution in [-0.2, 0) is 16.2 Å². The van der Waals surface area contributed by atoms with Crippen molar-refractivity contribution in [3.63, 3.8) is 0 Å². The molecule has 0 radical (unpaired) electrons. The monoisotopic (exact) mass is 425 g/mol. The first-order valence-corrected chi connectivity index (χ1v) is 9.26. The number of amides is 1. The van der Waals surface area contributed by atoms with E-state index in [1.807, 2.05) is 0 Å². The Morgan fingerprint density at radius 1 is 1.03 bits per heavy atom. The molecule has 7 nitrogen and oxygen atoms in total. The van der Waals surface area contributed by atoms with E-state index in [1.54, 1.807) is 26.0 Å². The van der Waals surface area contributed by atoms with Gasteiger partial charge in [0.1, 0.15) is 23.1 Å². The number of rotatable bonds is 5. The van der Waals surface area contributed by atoms with Gasteiger partial charge in [0, 0.05) is 16.8 Å². The Kier molecular flexibility index (Phi) is 6.22. The van der Waals surface area contributed by atoms with Crippen molar-refractivity contribution in [3.8, 4) is 28.4 Å². The molecule has 3 aromatic rings. The van der Waals surface area contributed by atoms with Crippen LogP contribution < -0.4 is 10.1 Å². The van der Waals surface area contributed by atoms with Gasteiger partial charge in [-0.2, -0.15) is 0 Å². The number of phenols is 1. The Morgan fingerprint density at radius 3 is 2.19 bits per heavy atom. The normalized spacial score (nSPS) is 10.6. The van der Waals surface area contributed by atoms with E-state index in [0.717, 1.165) is 0 Å². The molecule has 1 amide bonds. The van der Waals surface area contributed by atoms with Crippen LogP contribution in [0.3, 0.4) is 0 Å². The fraction of sp³-hybridized carbons (Fsp3) is 0.130. The van der Waals surface area contributed by atoms with Gasteiger partial charge in [-0.1, -0.05) is 12.1 Å². The minimum Gasteiger partial charge on any atom is -0.507 e. The number of benzene rings is 3. The number of aliphatic carboxylic acids is 1. The minimum atomic E-state index is -1.60. The Balaban J connectivity index is 2.01. The Morgan fingerprint density at radius 2 is 1.65 bits per heavy atom. The standard InChI is InChI=1S/C23H20FNO6/c1-12-9-16(25-22(28)23(29)30)10-13(2)21(12)31-19-8-7-18(27)20(17(19)11-26)14-3-5-15(24)6-4-14/h3-10,26-27H,11H2,1-2H3,(H,25,28)(H,29,30). The molecule has 0 unspecified atom stereocenters. The van der Waals surface area contributed by atoms with E-state index in [0.29, 0.717) is 39.3 Å². The van der Waals surface area contributed by atoms with Crippen molar-refractivity contribution in [2.75, 3.05) is 5.32 Å². The quantitative estimate of drug-likeness (QED) is 0.457. The van der Waals surface area contributed by atoms with Crippen LogP contribution in [0.1, 0.15) is 16.7 Å². The molecule has 0 spiro atoms. The van der Waals surface area contributed by atoms with Crippen molar-refractivity contribution in [2.45, 2.75) is 20.5 Å². The molecule has 0 saturated heterocycles. The van der Waals surface area contributed by atoms with E-state index >= 15 is 0 Å². The number of phenolic OH excluding ortho intramolecular Hbond substituents is 1. The van der Waals surface area contributed by atoms with Crippen LogP contribution in [0.5, 0.6) is 17.2 Å². The summed E-state index contributed by atoms with van der Waals surface area (Å²) in [5.41, 5.74) is 2.67. The lowest BCUT2D eigenvalue weighted by molar-refractivity contribution is -0.147. The van der Waals surface area contributed by atoms with Crippen molar-refractivity contribution >= 4 is 17.6 Å². The van der Waals surface area contributed by atoms with Crippen LogP contribution >= 0.6 is 0 Å². The predicted molar refractivity (Wildman–Crippen MR) is 112 cm³/mol. The summed E-state index contributed by atoms with van der Waals surface area (Å²) in [6, 6.07) is 11.5. The number of halogens is 1. The molecule has 3 rings (SSSR count). The van der Waals surface area contributed by atoms with E-state index < -0.39 is 24.3 Å². The molecule has 8 heteroatoms. The number of carbonyl (C=O) groups excluding carboxylic acids is 1. The van der Waals surface area contributed by atoms with Gasteiger partial charge in [-0.3, -0.25) is 4.79 Å². The van der Waals surface area contributed by atoms with E-state index in [-0.39, 0.29) is 11.5 Å². The summed E-state index contributed by atoms with van der Waals surface area (Å²) in [6.07, 6.45) is 0. The zero-order valence-electron chi connectivity index (χ0n) is 16.8. The number of anilines is 1. The van der Waals surface area contributed by atoms with Gasteiger partial charge >= 0.3 is 11.9 Å². The van der Waals surface area contributed by atoms with Crippen LogP contribution in [0.25, 0.3) is 11.1 Å². The highest BCUT2D eigenvalue weighted by Gasteiger charge is 2.19. The molecule has 0 fully saturated rings. The summed E-state index contributed by atoms with van der Waals surface area (Å²) in [4.78, 5) is 22.1. The highest BCUT2D eigenvalue weighted by atomic mass is 19.1. The average molecular weight is 425 g/mol. The first-order chi connectivity index (χ1) is 14.7. The van der Waals surface area contributed by atoms with Gasteiger partial charge in [0.25, 0.3) is 0 Å². The highest BCUT2D eigenvalue weighted by Crippen LogP contribution is 2.41. The van der Waals surface area contributed by atoms with E-state index in [2.05, 4.69) is 5.32 Å². The largest absolute Gasteiger partial charge is 0.507 e. The second-order valence-corrected chi connectivity index (χ2v) is 6.90. The molecule has 0 heterocycles. The van der Waals surface area contributed by atoms with Gasteiger partial charge in [-0.15, -0.1) is 0 Å². The van der Waals surface area contributed by atoms with Crippen LogP contribution in [-0.4, -0.2) is 27.2 Å². The first-order valence-electron chi connectivity index (χ1n) is 9.26. The Hall–Kier alpha value is -3.91. The van der Waals surface area contributed by atoms with Crippen LogP contribution in [0.4, 0.5) is 10.1 Å². The molecule has 31 heavy (non-hydrogen) atoms. The maximum Gasteiger partial charge on any atom is 0.394 e. The first kappa shape index (κ1) is 21.8. The smallest absolute Gasteiger partial charge is 0.394 e. The second kappa shape index (κ2) is 8.85. The third-order valence-corrected chi connectivity index (χ3v) is 4.66. The summed E-state index contributed by atoms with van der Waals surface area (Å²) in [5, 5.41) is 31.4. The van der Waals surface area contributed by atoms with Gasteiger partial charge in [0.15, 0.2) is 0 Å². The maximum absolute atomic E-state index is 13.3. The topological polar surface area (TPSA) is 116 Å². The van der Waals surface area contributed by atoms with Gasteiger partial charge in [0.2, 0.25) is 0 Å². The van der Waals surface area contributed by atoms with Crippen molar-refractivity contribution in [2.24, 2.45) is 0 Å². The molecule has 0 bridgehead atoms. The summed E-state index contributed by atoms with van der Waals surface area (Å²) >= 11 is 0. The van der Waals surface area contributed by atoms with Crippen molar-refractivity contribution in [3.05, 3.63) is 71.0 Å². The number of ether oxygens (including phenoxy) is 1. The van der Waals surface area contributed by atoms with Gasteiger partial charge in [0.05, 0.1) is 6.61 Å². The molecule has 0 aliphatic rings. The molecule has 4 N–H and O–H groups in total. The average Bonchev–Trinajstić information content (AvgIpc) is 2.72. The fourth-order valence-electron chi connectivity index (χ4n) is 3.29.